The average molecular weight is 444 g/mol. The molecule has 7 nitrogen and oxygen atoms in total. The molecule has 2 N–H and O–H groups in total. The van der Waals surface area contributed by atoms with E-state index in [1.54, 1.807) is 38.5 Å². The Balaban J connectivity index is 2.32. The minimum atomic E-state index is -3.93. The van der Waals surface area contributed by atoms with Crippen molar-refractivity contribution in [3.63, 3.8) is 0 Å². The van der Waals surface area contributed by atoms with E-state index in [0.29, 0.717) is 18.0 Å². The van der Waals surface area contributed by atoms with E-state index in [1.165, 1.54) is 16.6 Å². The van der Waals surface area contributed by atoms with Crippen molar-refractivity contribution < 1.29 is 17.9 Å². The van der Waals surface area contributed by atoms with Crippen molar-refractivity contribution in [2.24, 2.45) is 10.7 Å². The number of aliphatic imine (C=N–C) groups is 1. The number of benzene rings is 2. The van der Waals surface area contributed by atoms with Crippen LogP contribution in [-0.2, 0) is 23.1 Å². The fourth-order valence-corrected chi connectivity index (χ4v) is 3.83. The van der Waals surface area contributed by atoms with Crippen molar-refractivity contribution in [2.75, 3.05) is 20.8 Å². The Bertz CT molecular complexity index is 978. The normalized spacial score (nSPS) is 12.3. The minimum Gasteiger partial charge on any atom is -0.497 e. The predicted octanol–water partition coefficient (Wildman–Crippen LogP) is 3.48. The van der Waals surface area contributed by atoms with Crippen LogP contribution in [0.4, 0.5) is 0 Å². The van der Waals surface area contributed by atoms with E-state index in [0.717, 1.165) is 16.7 Å². The molecule has 2 aromatic rings. The molecule has 0 aliphatic carbocycles. The highest BCUT2D eigenvalue weighted by atomic mass is 32.2. The number of methoxy groups -OCH3 is 2. The van der Waals surface area contributed by atoms with E-state index in [9.17, 15) is 8.42 Å². The molecule has 0 aromatic heterocycles. The first kappa shape index (κ1) is 24.2. The van der Waals surface area contributed by atoms with Crippen molar-refractivity contribution in [3.8, 4) is 11.5 Å². The van der Waals surface area contributed by atoms with Crippen LogP contribution < -0.4 is 15.2 Å². The summed E-state index contributed by atoms with van der Waals surface area (Å²) in [4.78, 5) is 4.10. The molecule has 166 valence electrons. The summed E-state index contributed by atoms with van der Waals surface area (Å²) in [6.07, 6.45) is 2.69. The van der Waals surface area contributed by atoms with Crippen LogP contribution in [-0.4, -0.2) is 39.7 Å². The van der Waals surface area contributed by atoms with Crippen LogP contribution in [0.5, 0.6) is 11.5 Å². The Kier molecular flexibility index (Phi) is 8.84. The topological polar surface area (TPSA) is 94.2 Å². The predicted molar refractivity (Wildman–Crippen MR) is 125 cm³/mol. The summed E-state index contributed by atoms with van der Waals surface area (Å²) in [7, 11) is -0.774. The highest BCUT2D eigenvalue weighted by molar-refractivity contribution is 7.92. The molecular weight excluding hydrogens is 414 g/mol. The van der Waals surface area contributed by atoms with Gasteiger partial charge in [0.25, 0.3) is 10.0 Å². The van der Waals surface area contributed by atoms with Gasteiger partial charge in [-0.2, -0.15) is 4.31 Å². The van der Waals surface area contributed by atoms with E-state index in [2.05, 4.69) is 11.6 Å². The molecule has 0 atom stereocenters. The standard InChI is InChI=1S/C23H29N3O4S/c1-18(2)15-25-14-13-23(24)31(27,28)26(16-19-5-9-21(29-3)10-6-19)17-20-7-11-22(30-4)12-8-20/h5-14H,1,15-17,24H2,2-4H3. The summed E-state index contributed by atoms with van der Waals surface area (Å²) in [5.74, 6) is 1.39. The molecule has 0 spiro atoms. The Morgan fingerprint density at radius 3 is 1.84 bits per heavy atom. The summed E-state index contributed by atoms with van der Waals surface area (Å²) < 4.78 is 38.1. The fraction of sp³-hybridized carbons (Fsp3) is 0.261. The summed E-state index contributed by atoms with van der Waals surface area (Å²) in [6.45, 7) is 6.30. The van der Waals surface area contributed by atoms with Crippen LogP contribution in [0.25, 0.3) is 0 Å². The Hall–Kier alpha value is -3.10. The number of sulfonamides is 1. The molecule has 2 aromatic carbocycles. The molecule has 0 aliphatic rings. The van der Waals surface area contributed by atoms with Crippen LogP contribution in [0.15, 0.2) is 76.8 Å². The molecule has 0 heterocycles. The first-order valence-corrected chi connectivity index (χ1v) is 11.1. The lowest BCUT2D eigenvalue weighted by atomic mass is 10.2. The zero-order chi connectivity index (χ0) is 22.9. The second-order valence-electron chi connectivity index (χ2n) is 6.99. The molecule has 2 rings (SSSR count). The summed E-state index contributed by atoms with van der Waals surface area (Å²) in [6, 6.07) is 14.4. The van der Waals surface area contributed by atoms with Gasteiger partial charge in [0.05, 0.1) is 20.8 Å². The largest absolute Gasteiger partial charge is 0.497 e. The van der Waals surface area contributed by atoms with Crippen LogP contribution in [0, 0.1) is 0 Å². The molecule has 0 amide bonds. The van der Waals surface area contributed by atoms with Gasteiger partial charge in [-0.1, -0.05) is 36.4 Å². The fourth-order valence-electron chi connectivity index (χ4n) is 2.66. The van der Waals surface area contributed by atoms with Gasteiger partial charge in [0.1, 0.15) is 16.5 Å². The number of nitrogens with zero attached hydrogens (tertiary/aromatic N) is 2. The summed E-state index contributed by atoms with van der Waals surface area (Å²) in [5, 5.41) is -0.278. The van der Waals surface area contributed by atoms with E-state index < -0.39 is 10.0 Å². The third-order valence-corrected chi connectivity index (χ3v) is 6.05. The molecule has 0 radical (unpaired) electrons. The van der Waals surface area contributed by atoms with Gasteiger partial charge in [-0.05, 0) is 48.4 Å². The van der Waals surface area contributed by atoms with Crippen molar-refractivity contribution in [3.05, 3.63) is 82.9 Å². The quantitative estimate of drug-likeness (QED) is 0.424. The first-order chi connectivity index (χ1) is 14.8. The van der Waals surface area contributed by atoms with Crippen molar-refractivity contribution in [2.45, 2.75) is 20.0 Å². The third kappa shape index (κ3) is 7.27. The van der Waals surface area contributed by atoms with Gasteiger partial charge in [-0.3, -0.25) is 4.99 Å². The van der Waals surface area contributed by atoms with Crippen LogP contribution in [0.2, 0.25) is 0 Å². The summed E-state index contributed by atoms with van der Waals surface area (Å²) in [5.41, 5.74) is 8.43. The van der Waals surface area contributed by atoms with Gasteiger partial charge < -0.3 is 15.2 Å². The van der Waals surface area contributed by atoms with Gasteiger partial charge >= 0.3 is 0 Å². The molecule has 0 saturated carbocycles. The van der Waals surface area contributed by atoms with E-state index in [-0.39, 0.29) is 18.1 Å². The molecule has 0 fully saturated rings. The van der Waals surface area contributed by atoms with Gasteiger partial charge in [0, 0.05) is 19.3 Å². The Morgan fingerprint density at radius 2 is 1.45 bits per heavy atom. The average Bonchev–Trinajstić information content (AvgIpc) is 2.76. The van der Waals surface area contributed by atoms with Gasteiger partial charge in [0.2, 0.25) is 0 Å². The van der Waals surface area contributed by atoms with Gasteiger partial charge in [-0.25, -0.2) is 8.42 Å². The number of ether oxygens (including phenoxy) is 2. The second kappa shape index (κ2) is 11.3. The van der Waals surface area contributed by atoms with E-state index >= 15 is 0 Å². The smallest absolute Gasteiger partial charge is 0.258 e. The van der Waals surface area contributed by atoms with E-state index in [4.69, 9.17) is 15.2 Å². The van der Waals surface area contributed by atoms with Crippen molar-refractivity contribution in [1.29, 1.82) is 0 Å². The Labute approximate surface area is 184 Å². The van der Waals surface area contributed by atoms with Gasteiger partial charge in [-0.15, -0.1) is 0 Å². The van der Waals surface area contributed by atoms with Crippen molar-refractivity contribution in [1.82, 2.24) is 4.31 Å². The second-order valence-corrected chi connectivity index (χ2v) is 8.92. The maximum absolute atomic E-state index is 13.2. The molecular formula is C23H29N3O4S. The minimum absolute atomic E-state index is 0.149. The number of nitrogens with two attached hydrogens (primary N) is 1. The lowest BCUT2D eigenvalue weighted by molar-refractivity contribution is 0.401. The number of hydrogen-bond donors (Lipinski definition) is 1. The molecule has 0 unspecified atom stereocenters. The van der Waals surface area contributed by atoms with Gasteiger partial charge in [0.15, 0.2) is 0 Å². The molecule has 0 bridgehead atoms. The van der Waals surface area contributed by atoms with Crippen molar-refractivity contribution >= 4 is 16.2 Å². The van der Waals surface area contributed by atoms with Crippen LogP contribution >= 0.6 is 0 Å². The summed E-state index contributed by atoms with van der Waals surface area (Å²) >= 11 is 0. The molecule has 0 saturated heterocycles. The molecule has 8 heteroatoms. The number of rotatable bonds is 11. The molecule has 31 heavy (non-hydrogen) atoms. The molecule has 0 aliphatic heterocycles. The highest BCUT2D eigenvalue weighted by Gasteiger charge is 2.25. The van der Waals surface area contributed by atoms with Crippen LogP contribution in [0.3, 0.4) is 0 Å². The van der Waals surface area contributed by atoms with E-state index in [1.807, 2.05) is 31.2 Å². The lowest BCUT2D eigenvalue weighted by Crippen LogP contribution is -2.33. The first-order valence-electron chi connectivity index (χ1n) is 9.62. The monoisotopic (exact) mass is 443 g/mol. The third-order valence-electron chi connectivity index (χ3n) is 4.38. The van der Waals surface area contributed by atoms with Crippen LogP contribution in [0.1, 0.15) is 18.1 Å². The zero-order valence-electron chi connectivity index (χ0n) is 18.1. The SMILES string of the molecule is C=C(C)CN=CC=C(N)S(=O)(=O)N(Cc1ccc(OC)cc1)Cc1ccc(OC)cc1. The lowest BCUT2D eigenvalue weighted by Gasteiger charge is -2.22. The highest BCUT2D eigenvalue weighted by Crippen LogP contribution is 2.21. The Morgan fingerprint density at radius 1 is 1.00 bits per heavy atom. The zero-order valence-corrected chi connectivity index (χ0v) is 18.9. The maximum Gasteiger partial charge on any atom is 0.258 e. The maximum atomic E-state index is 13.2. The number of hydrogen-bond acceptors (Lipinski definition) is 6. The number of allylic oxidation sites excluding steroid dienone is 1.